The Labute approximate surface area is 194 Å². The molecule has 0 unspecified atom stereocenters. The Morgan fingerprint density at radius 2 is 1.59 bits per heavy atom. The molecule has 8 heteroatoms. The van der Waals surface area contributed by atoms with E-state index in [1.807, 2.05) is 30.3 Å². The van der Waals surface area contributed by atoms with Gasteiger partial charge in [0.1, 0.15) is 0 Å². The molecule has 0 fully saturated rings. The highest BCUT2D eigenvalue weighted by molar-refractivity contribution is 7.89. The van der Waals surface area contributed by atoms with Crippen molar-refractivity contribution in [3.63, 3.8) is 0 Å². The topological polar surface area (TPSA) is 76.1 Å². The van der Waals surface area contributed by atoms with Gasteiger partial charge in [-0.1, -0.05) is 48.0 Å². The monoisotopic (exact) mass is 475 g/mol. The number of aliphatic hydroxyl groups is 1. The maximum atomic E-state index is 13.6. The van der Waals surface area contributed by atoms with Crippen molar-refractivity contribution >= 4 is 21.6 Å². The van der Waals surface area contributed by atoms with Crippen LogP contribution in [0.15, 0.2) is 77.7 Å². The van der Waals surface area contributed by atoms with E-state index in [9.17, 15) is 13.5 Å². The fourth-order valence-electron chi connectivity index (χ4n) is 3.43. The lowest BCUT2D eigenvalue weighted by atomic mass is 10.00. The van der Waals surface area contributed by atoms with Gasteiger partial charge in [0.2, 0.25) is 10.0 Å². The van der Waals surface area contributed by atoms with Crippen LogP contribution < -0.4 is 9.47 Å². The molecule has 0 heterocycles. The normalized spacial score (nSPS) is 12.5. The highest BCUT2D eigenvalue weighted by Crippen LogP contribution is 2.30. The van der Waals surface area contributed by atoms with Crippen LogP contribution in [-0.2, 0) is 16.6 Å². The number of methoxy groups -OCH3 is 2. The van der Waals surface area contributed by atoms with E-state index in [0.717, 1.165) is 11.1 Å². The zero-order valence-electron chi connectivity index (χ0n) is 17.9. The summed E-state index contributed by atoms with van der Waals surface area (Å²) >= 11 is 5.95. The lowest BCUT2D eigenvalue weighted by molar-refractivity contribution is 0.240. The predicted octanol–water partition coefficient (Wildman–Crippen LogP) is 4.32. The van der Waals surface area contributed by atoms with Gasteiger partial charge in [0, 0.05) is 24.0 Å². The molecule has 1 N–H and O–H groups in total. The highest BCUT2D eigenvalue weighted by Gasteiger charge is 2.28. The molecule has 0 spiro atoms. The van der Waals surface area contributed by atoms with Gasteiger partial charge in [-0.15, -0.1) is 0 Å². The highest BCUT2D eigenvalue weighted by atomic mass is 35.5. The van der Waals surface area contributed by atoms with E-state index in [2.05, 4.69) is 0 Å². The fourth-order valence-corrected chi connectivity index (χ4v) is 5.02. The molecule has 0 aliphatic rings. The van der Waals surface area contributed by atoms with Gasteiger partial charge in [-0.05, 0) is 47.5 Å². The zero-order chi connectivity index (χ0) is 23.1. The molecule has 0 aliphatic carbocycles. The first kappa shape index (κ1) is 24.1. The zero-order valence-corrected chi connectivity index (χ0v) is 19.5. The number of aliphatic hydroxyl groups excluding tert-OH is 1. The molecule has 3 aromatic rings. The van der Waals surface area contributed by atoms with Crippen molar-refractivity contribution in [2.75, 3.05) is 27.4 Å². The smallest absolute Gasteiger partial charge is 0.243 e. The average molecular weight is 476 g/mol. The number of hydrogen-bond donors (Lipinski definition) is 1. The third-order valence-corrected chi connectivity index (χ3v) is 7.25. The lowest BCUT2D eigenvalue weighted by Gasteiger charge is -2.27. The molecule has 3 aromatic carbocycles. The van der Waals surface area contributed by atoms with Crippen LogP contribution in [-0.4, -0.2) is 45.2 Å². The third kappa shape index (κ3) is 5.61. The van der Waals surface area contributed by atoms with E-state index in [1.165, 1.54) is 23.5 Å². The maximum absolute atomic E-state index is 13.6. The number of sulfonamides is 1. The van der Waals surface area contributed by atoms with Crippen molar-refractivity contribution in [1.29, 1.82) is 0 Å². The summed E-state index contributed by atoms with van der Waals surface area (Å²) in [4.78, 5) is 0.132. The van der Waals surface area contributed by atoms with Gasteiger partial charge in [0.05, 0.1) is 25.7 Å². The number of hydrogen-bond acceptors (Lipinski definition) is 5. The largest absolute Gasteiger partial charge is 0.493 e. The molecule has 170 valence electrons. The first-order valence-corrected chi connectivity index (χ1v) is 11.8. The second-order valence-electron chi connectivity index (χ2n) is 7.23. The van der Waals surface area contributed by atoms with Crippen LogP contribution in [0.1, 0.15) is 17.0 Å². The second kappa shape index (κ2) is 10.8. The van der Waals surface area contributed by atoms with Crippen LogP contribution in [0.3, 0.4) is 0 Å². The molecule has 32 heavy (non-hydrogen) atoms. The van der Waals surface area contributed by atoms with Crippen LogP contribution in [0.4, 0.5) is 0 Å². The van der Waals surface area contributed by atoms with Gasteiger partial charge in [0.15, 0.2) is 11.5 Å². The Hall–Kier alpha value is -2.58. The minimum absolute atomic E-state index is 0.0919. The Balaban J connectivity index is 1.99. The fraction of sp³-hybridized carbons (Fsp3) is 0.250. The molecule has 0 radical (unpaired) electrons. The first-order valence-electron chi connectivity index (χ1n) is 10.0. The number of halogens is 1. The van der Waals surface area contributed by atoms with Gasteiger partial charge in [-0.2, -0.15) is 4.31 Å². The minimum atomic E-state index is -3.87. The number of nitrogens with zero attached hydrogens (tertiary/aromatic N) is 1. The van der Waals surface area contributed by atoms with Gasteiger partial charge in [-0.3, -0.25) is 0 Å². The first-order chi connectivity index (χ1) is 15.4. The Morgan fingerprint density at radius 1 is 0.938 bits per heavy atom. The molecule has 0 bridgehead atoms. The Bertz CT molecular complexity index is 1120. The number of rotatable bonds is 10. The van der Waals surface area contributed by atoms with E-state index in [-0.39, 0.29) is 24.6 Å². The molecule has 0 saturated heterocycles. The quantitative estimate of drug-likeness (QED) is 0.472. The van der Waals surface area contributed by atoms with E-state index < -0.39 is 15.9 Å². The van der Waals surface area contributed by atoms with Crippen molar-refractivity contribution < 1.29 is 23.0 Å². The van der Waals surface area contributed by atoms with Crippen molar-refractivity contribution in [2.24, 2.45) is 0 Å². The third-order valence-electron chi connectivity index (χ3n) is 5.17. The molecular weight excluding hydrogens is 450 g/mol. The number of ether oxygens (including phenoxy) is 2. The number of benzene rings is 3. The maximum Gasteiger partial charge on any atom is 0.243 e. The summed E-state index contributed by atoms with van der Waals surface area (Å²) in [7, 11) is -0.802. The Kier molecular flexibility index (Phi) is 8.15. The van der Waals surface area contributed by atoms with Crippen molar-refractivity contribution in [1.82, 2.24) is 4.31 Å². The van der Waals surface area contributed by atoms with Gasteiger partial charge in [0.25, 0.3) is 0 Å². The molecule has 0 saturated carbocycles. The predicted molar refractivity (Wildman–Crippen MR) is 125 cm³/mol. The molecule has 0 aliphatic heterocycles. The summed E-state index contributed by atoms with van der Waals surface area (Å²) in [5.74, 6) is 0.676. The van der Waals surface area contributed by atoms with Crippen LogP contribution >= 0.6 is 11.6 Å². The van der Waals surface area contributed by atoms with Gasteiger partial charge >= 0.3 is 0 Å². The summed E-state index contributed by atoms with van der Waals surface area (Å²) in [5, 5.41) is 10.5. The van der Waals surface area contributed by atoms with Gasteiger partial charge < -0.3 is 14.6 Å². The van der Waals surface area contributed by atoms with Gasteiger partial charge in [-0.25, -0.2) is 8.42 Å². The van der Waals surface area contributed by atoms with Crippen LogP contribution in [0, 0.1) is 0 Å². The molecule has 6 nitrogen and oxygen atoms in total. The van der Waals surface area contributed by atoms with Crippen molar-refractivity contribution in [2.45, 2.75) is 17.4 Å². The van der Waals surface area contributed by atoms with E-state index in [1.54, 1.807) is 37.4 Å². The lowest BCUT2D eigenvalue weighted by Crippen LogP contribution is -2.35. The molecule has 1 atom stereocenters. The summed E-state index contributed by atoms with van der Waals surface area (Å²) < 4.78 is 39.1. The van der Waals surface area contributed by atoms with Crippen LogP contribution in [0.25, 0.3) is 0 Å². The molecule has 3 rings (SSSR count). The second-order valence-corrected chi connectivity index (χ2v) is 9.61. The standard InChI is InChI=1S/C24H26ClNO5S/c1-30-23-13-8-18(14-24(23)31-2)15-26(16-20(17-27)19-6-4-3-5-7-19)32(28,29)22-11-9-21(25)10-12-22/h3-14,20,27H,15-17H2,1-2H3/t20-/m0/s1. The summed E-state index contributed by atoms with van der Waals surface area (Å²) in [6.07, 6.45) is 0. The van der Waals surface area contributed by atoms with Crippen molar-refractivity contribution in [3.05, 3.63) is 88.9 Å². The van der Waals surface area contributed by atoms with Crippen LogP contribution in [0.5, 0.6) is 11.5 Å². The average Bonchev–Trinajstić information content (AvgIpc) is 2.82. The summed E-state index contributed by atoms with van der Waals surface area (Å²) in [6.45, 7) is -0.00293. The summed E-state index contributed by atoms with van der Waals surface area (Å²) in [5.41, 5.74) is 1.59. The van der Waals surface area contributed by atoms with Crippen LogP contribution in [0.2, 0.25) is 5.02 Å². The summed E-state index contributed by atoms with van der Waals surface area (Å²) in [6, 6.07) is 20.7. The van der Waals surface area contributed by atoms with Crippen molar-refractivity contribution in [3.8, 4) is 11.5 Å². The van der Waals surface area contributed by atoms with E-state index in [4.69, 9.17) is 21.1 Å². The SMILES string of the molecule is COc1ccc(CN(C[C@@H](CO)c2ccccc2)S(=O)(=O)c2ccc(Cl)cc2)cc1OC. The molecular formula is C24H26ClNO5S. The van der Waals surface area contributed by atoms with E-state index in [0.29, 0.717) is 16.5 Å². The Morgan fingerprint density at radius 3 is 2.19 bits per heavy atom. The molecule has 0 amide bonds. The minimum Gasteiger partial charge on any atom is -0.493 e. The molecule has 0 aromatic heterocycles. The van der Waals surface area contributed by atoms with E-state index >= 15 is 0 Å².